The Labute approximate surface area is 177 Å². The van der Waals surface area contributed by atoms with Gasteiger partial charge in [-0.1, -0.05) is 48.5 Å². The molecule has 0 bridgehead atoms. The second-order valence-electron chi connectivity index (χ2n) is 7.51. The molecule has 1 atom stereocenters. The van der Waals surface area contributed by atoms with Gasteiger partial charge in [-0.3, -0.25) is 15.3 Å². The molecular formula is C23H22N4O4. The van der Waals surface area contributed by atoms with Crippen LogP contribution in [0.1, 0.15) is 11.1 Å². The number of aromatic nitrogens is 1. The fourth-order valence-corrected chi connectivity index (χ4v) is 3.65. The molecule has 4 rings (SSSR count). The number of para-hydroxylation sites is 1. The van der Waals surface area contributed by atoms with E-state index in [0.29, 0.717) is 18.5 Å². The summed E-state index contributed by atoms with van der Waals surface area (Å²) >= 11 is 0. The maximum absolute atomic E-state index is 12.1. The number of H-pyrrole nitrogens is 1. The van der Waals surface area contributed by atoms with Gasteiger partial charge in [0, 0.05) is 30.1 Å². The fourth-order valence-electron chi connectivity index (χ4n) is 3.65. The van der Waals surface area contributed by atoms with E-state index in [-0.39, 0.29) is 17.8 Å². The molecule has 0 radical (unpaired) electrons. The largest absolute Gasteiger partial charge is 0.478 e. The number of nitrogens with two attached hydrogens (primary N) is 1. The Kier molecular flexibility index (Phi) is 5.31. The van der Waals surface area contributed by atoms with Crippen LogP contribution in [0.2, 0.25) is 0 Å². The zero-order valence-corrected chi connectivity index (χ0v) is 16.6. The summed E-state index contributed by atoms with van der Waals surface area (Å²) in [5.74, 6) is -1.32. The number of hydrogen-bond donors (Lipinski definition) is 5. The van der Waals surface area contributed by atoms with Crippen molar-refractivity contribution in [2.75, 3.05) is 17.2 Å². The van der Waals surface area contributed by atoms with Crippen LogP contribution < -0.4 is 27.2 Å². The van der Waals surface area contributed by atoms with Gasteiger partial charge in [-0.05, 0) is 23.6 Å². The number of nitrogens with one attached hydrogen (secondary N) is 3. The van der Waals surface area contributed by atoms with Crippen molar-refractivity contribution in [1.82, 2.24) is 4.98 Å². The number of fused-ring (bicyclic) bond motifs is 1. The standard InChI is InChI=1S/C23H22N4O4/c24-23(22(30)31,12-14-6-2-1-3-7-14)27-19-18(20(28)21(19)29)25-11-10-15-13-26-17-9-5-4-8-16(15)17/h1-9,13,25-27H,10-12,24H2,(H,30,31)/t23-/m1/s1. The number of aliphatic carboxylic acids is 1. The molecule has 6 N–H and O–H groups in total. The third-order valence-electron chi connectivity index (χ3n) is 5.34. The molecular weight excluding hydrogens is 396 g/mol. The summed E-state index contributed by atoms with van der Waals surface area (Å²) in [4.78, 5) is 39.3. The maximum Gasteiger partial charge on any atom is 0.344 e. The molecule has 0 aliphatic rings. The first-order valence-corrected chi connectivity index (χ1v) is 9.85. The van der Waals surface area contributed by atoms with Crippen LogP contribution in [0, 0.1) is 0 Å². The molecule has 8 nitrogen and oxygen atoms in total. The van der Waals surface area contributed by atoms with E-state index in [4.69, 9.17) is 5.73 Å². The van der Waals surface area contributed by atoms with Gasteiger partial charge < -0.3 is 20.7 Å². The normalized spacial score (nSPS) is 13.2. The minimum absolute atomic E-state index is 0.0588. The third-order valence-corrected chi connectivity index (χ3v) is 5.34. The summed E-state index contributed by atoms with van der Waals surface area (Å²) in [5.41, 5.74) is 5.43. The Morgan fingerprint density at radius 2 is 1.68 bits per heavy atom. The smallest absolute Gasteiger partial charge is 0.344 e. The van der Waals surface area contributed by atoms with Crippen LogP contribution >= 0.6 is 0 Å². The highest BCUT2D eigenvalue weighted by atomic mass is 16.4. The van der Waals surface area contributed by atoms with Crippen molar-refractivity contribution >= 4 is 28.2 Å². The number of carboxylic acids is 1. The van der Waals surface area contributed by atoms with E-state index in [1.165, 1.54) is 0 Å². The van der Waals surface area contributed by atoms with E-state index in [1.54, 1.807) is 24.3 Å². The first-order chi connectivity index (χ1) is 14.9. The molecule has 0 saturated carbocycles. The van der Waals surface area contributed by atoms with E-state index in [2.05, 4.69) is 15.6 Å². The Bertz CT molecular complexity index is 1300. The lowest BCUT2D eigenvalue weighted by Gasteiger charge is -2.29. The minimum atomic E-state index is -1.93. The monoisotopic (exact) mass is 418 g/mol. The maximum atomic E-state index is 12.1. The van der Waals surface area contributed by atoms with Crippen LogP contribution in [-0.4, -0.2) is 28.3 Å². The number of carbonyl (C=O) groups is 1. The van der Waals surface area contributed by atoms with Crippen molar-refractivity contribution in [3.05, 3.63) is 92.4 Å². The lowest BCUT2D eigenvalue weighted by Crippen LogP contribution is -2.58. The zero-order chi connectivity index (χ0) is 22.0. The van der Waals surface area contributed by atoms with Gasteiger partial charge in [0.25, 0.3) is 10.9 Å². The topological polar surface area (TPSA) is 137 Å². The molecule has 0 aliphatic carbocycles. The van der Waals surface area contributed by atoms with Gasteiger partial charge >= 0.3 is 5.97 Å². The third kappa shape index (κ3) is 3.93. The Balaban J connectivity index is 1.48. The molecule has 31 heavy (non-hydrogen) atoms. The van der Waals surface area contributed by atoms with Crippen LogP contribution in [0.25, 0.3) is 10.9 Å². The molecule has 3 aromatic carbocycles. The first kappa shape index (κ1) is 20.4. The first-order valence-electron chi connectivity index (χ1n) is 9.85. The van der Waals surface area contributed by atoms with Gasteiger partial charge in [0.05, 0.1) is 0 Å². The van der Waals surface area contributed by atoms with E-state index >= 15 is 0 Å². The molecule has 1 aromatic heterocycles. The van der Waals surface area contributed by atoms with Crippen LogP contribution in [-0.2, 0) is 17.6 Å². The van der Waals surface area contributed by atoms with Gasteiger partial charge in [0.15, 0.2) is 5.66 Å². The molecule has 0 aliphatic heterocycles. The second-order valence-corrected chi connectivity index (χ2v) is 7.51. The summed E-state index contributed by atoms with van der Waals surface area (Å²) in [6.07, 6.45) is 2.46. The summed E-state index contributed by atoms with van der Waals surface area (Å²) in [6, 6.07) is 16.7. The molecule has 1 heterocycles. The molecule has 0 unspecified atom stereocenters. The Hall–Kier alpha value is -3.91. The van der Waals surface area contributed by atoms with E-state index in [9.17, 15) is 19.5 Å². The molecule has 158 valence electrons. The summed E-state index contributed by atoms with van der Waals surface area (Å²) < 4.78 is 0. The van der Waals surface area contributed by atoms with Crippen molar-refractivity contribution in [1.29, 1.82) is 0 Å². The molecule has 0 spiro atoms. The van der Waals surface area contributed by atoms with Gasteiger partial charge in [-0.2, -0.15) is 0 Å². The highest BCUT2D eigenvalue weighted by molar-refractivity contribution is 5.86. The molecule has 4 aromatic rings. The predicted octanol–water partition coefficient (Wildman–Crippen LogP) is 1.81. The van der Waals surface area contributed by atoms with Crippen LogP contribution in [0.4, 0.5) is 11.4 Å². The van der Waals surface area contributed by atoms with Gasteiger partial charge in [0.1, 0.15) is 11.4 Å². The average molecular weight is 418 g/mol. The van der Waals surface area contributed by atoms with Crippen LogP contribution in [0.15, 0.2) is 70.4 Å². The SMILES string of the molecule is N[C@](Cc1ccccc1)(Nc1c(NCCc2c[nH]c3ccccc23)c(=O)c1=O)C(=O)O. The van der Waals surface area contributed by atoms with Crippen molar-refractivity contribution < 1.29 is 9.90 Å². The van der Waals surface area contributed by atoms with Gasteiger partial charge in [-0.15, -0.1) is 0 Å². The van der Waals surface area contributed by atoms with E-state index < -0.39 is 22.5 Å². The van der Waals surface area contributed by atoms with Crippen molar-refractivity contribution in [3.8, 4) is 0 Å². The van der Waals surface area contributed by atoms with E-state index in [0.717, 1.165) is 16.5 Å². The predicted molar refractivity (Wildman–Crippen MR) is 120 cm³/mol. The van der Waals surface area contributed by atoms with Gasteiger partial charge in [0.2, 0.25) is 0 Å². The number of anilines is 2. The summed E-state index contributed by atoms with van der Waals surface area (Å²) in [5, 5.41) is 16.3. The van der Waals surface area contributed by atoms with Crippen molar-refractivity contribution in [2.45, 2.75) is 18.5 Å². The average Bonchev–Trinajstić information content (AvgIpc) is 3.19. The number of carboxylic acid groups (broad SMARTS) is 1. The Morgan fingerprint density at radius 3 is 2.42 bits per heavy atom. The van der Waals surface area contributed by atoms with Gasteiger partial charge in [-0.25, -0.2) is 4.79 Å². The number of hydrogen-bond acceptors (Lipinski definition) is 6. The molecule has 0 saturated heterocycles. The fraction of sp³-hybridized carbons (Fsp3) is 0.174. The highest BCUT2D eigenvalue weighted by Crippen LogP contribution is 2.22. The number of rotatable bonds is 9. The molecule has 8 heteroatoms. The number of aromatic amines is 1. The zero-order valence-electron chi connectivity index (χ0n) is 16.6. The second kappa shape index (κ2) is 8.08. The molecule has 0 amide bonds. The quantitative estimate of drug-likeness (QED) is 0.206. The number of benzene rings is 2. The van der Waals surface area contributed by atoms with Crippen molar-refractivity contribution in [3.63, 3.8) is 0 Å². The summed E-state index contributed by atoms with van der Waals surface area (Å²) in [7, 11) is 0. The summed E-state index contributed by atoms with van der Waals surface area (Å²) in [6.45, 7) is 0.394. The lowest BCUT2D eigenvalue weighted by molar-refractivity contribution is -0.142. The molecule has 0 fully saturated rings. The minimum Gasteiger partial charge on any atom is -0.478 e. The van der Waals surface area contributed by atoms with Crippen LogP contribution in [0.3, 0.4) is 0 Å². The Morgan fingerprint density at radius 1 is 1.00 bits per heavy atom. The van der Waals surface area contributed by atoms with Crippen molar-refractivity contribution in [2.24, 2.45) is 5.73 Å². The lowest BCUT2D eigenvalue weighted by atomic mass is 9.99. The van der Waals surface area contributed by atoms with Crippen LogP contribution in [0.5, 0.6) is 0 Å². The highest BCUT2D eigenvalue weighted by Gasteiger charge is 2.37. The van der Waals surface area contributed by atoms with E-state index in [1.807, 2.05) is 36.5 Å².